The van der Waals surface area contributed by atoms with Crippen molar-refractivity contribution in [1.82, 2.24) is 9.88 Å². The number of carbonyl (C=O) groups is 2. The molecule has 0 fully saturated rings. The number of nitrogens with one attached hydrogen (secondary N) is 1. The van der Waals surface area contributed by atoms with Crippen molar-refractivity contribution in [3.8, 4) is 0 Å². The highest BCUT2D eigenvalue weighted by Gasteiger charge is 2.23. The highest BCUT2D eigenvalue weighted by molar-refractivity contribution is 9.10. The van der Waals surface area contributed by atoms with Gasteiger partial charge in [0.2, 0.25) is 0 Å². The number of carboxylic acids is 1. The Bertz CT molecular complexity index is 679. The van der Waals surface area contributed by atoms with Gasteiger partial charge in [0.1, 0.15) is 6.54 Å². The Morgan fingerprint density at radius 2 is 2.10 bits per heavy atom. The van der Waals surface area contributed by atoms with Crippen molar-refractivity contribution in [2.75, 3.05) is 13.1 Å². The zero-order valence-electron chi connectivity index (χ0n) is 11.9. The lowest BCUT2D eigenvalue weighted by Crippen LogP contribution is -2.38. The van der Waals surface area contributed by atoms with Crippen LogP contribution in [-0.4, -0.2) is 40.0 Å². The van der Waals surface area contributed by atoms with Gasteiger partial charge in [-0.2, -0.15) is 0 Å². The van der Waals surface area contributed by atoms with Gasteiger partial charge in [0.25, 0.3) is 5.91 Å². The van der Waals surface area contributed by atoms with E-state index >= 15 is 0 Å². The van der Waals surface area contributed by atoms with Gasteiger partial charge in [-0.05, 0) is 18.1 Å². The Balaban J connectivity index is 2.40. The molecular formula is C15H17BrN2O3. The number of hydrogen-bond donors (Lipinski definition) is 2. The van der Waals surface area contributed by atoms with E-state index in [-0.39, 0.29) is 18.4 Å². The number of rotatable bonds is 5. The van der Waals surface area contributed by atoms with Crippen molar-refractivity contribution in [2.24, 2.45) is 5.92 Å². The molecule has 1 aromatic carbocycles. The van der Waals surface area contributed by atoms with Gasteiger partial charge in [-0.1, -0.05) is 35.8 Å². The first-order valence-electron chi connectivity index (χ1n) is 6.66. The van der Waals surface area contributed by atoms with E-state index in [0.29, 0.717) is 12.1 Å². The van der Waals surface area contributed by atoms with Crippen LogP contribution in [0.1, 0.15) is 24.2 Å². The highest BCUT2D eigenvalue weighted by atomic mass is 79.9. The standard InChI is InChI=1S/C15H17BrN2O3/c1-9(2)7-18(8-13(19)20)15(21)10-6-17-12-5-3-4-11(16)14(10)12/h3-6,9,17H,7-8H2,1-2H3,(H,19,20). The number of hydrogen-bond acceptors (Lipinski definition) is 2. The van der Waals surface area contributed by atoms with E-state index in [0.717, 1.165) is 15.4 Å². The van der Waals surface area contributed by atoms with Crippen LogP contribution in [0.2, 0.25) is 0 Å². The van der Waals surface area contributed by atoms with Gasteiger partial charge in [0.15, 0.2) is 0 Å². The first-order valence-corrected chi connectivity index (χ1v) is 7.46. The number of halogens is 1. The first kappa shape index (κ1) is 15.6. The predicted octanol–water partition coefficient (Wildman–Crippen LogP) is 3.11. The number of H-pyrrole nitrogens is 1. The second kappa shape index (κ2) is 6.30. The summed E-state index contributed by atoms with van der Waals surface area (Å²) in [4.78, 5) is 28.1. The maximum absolute atomic E-state index is 12.7. The molecule has 0 saturated carbocycles. The van der Waals surface area contributed by atoms with Crippen molar-refractivity contribution in [3.63, 3.8) is 0 Å². The van der Waals surface area contributed by atoms with Crippen LogP contribution < -0.4 is 0 Å². The summed E-state index contributed by atoms with van der Waals surface area (Å²) in [5.41, 5.74) is 1.33. The van der Waals surface area contributed by atoms with Crippen molar-refractivity contribution < 1.29 is 14.7 Å². The molecule has 2 aromatic rings. The predicted molar refractivity (Wildman–Crippen MR) is 84.4 cm³/mol. The monoisotopic (exact) mass is 352 g/mol. The molecule has 0 radical (unpaired) electrons. The summed E-state index contributed by atoms with van der Waals surface area (Å²) in [5, 5.41) is 9.78. The number of carboxylic acid groups (broad SMARTS) is 1. The second-order valence-corrected chi connectivity index (χ2v) is 6.19. The molecule has 21 heavy (non-hydrogen) atoms. The fraction of sp³-hybridized carbons (Fsp3) is 0.333. The van der Waals surface area contributed by atoms with Crippen molar-refractivity contribution in [1.29, 1.82) is 0 Å². The molecule has 1 amide bonds. The Hall–Kier alpha value is -1.82. The molecule has 0 aliphatic carbocycles. The molecule has 0 atom stereocenters. The summed E-state index contributed by atoms with van der Waals surface area (Å²) in [5.74, 6) is -1.09. The van der Waals surface area contributed by atoms with E-state index in [1.54, 1.807) is 6.20 Å². The SMILES string of the molecule is CC(C)CN(CC(=O)O)C(=O)c1c[nH]c2cccc(Br)c12. The molecule has 0 aliphatic heterocycles. The lowest BCUT2D eigenvalue weighted by Gasteiger charge is -2.22. The molecule has 0 bridgehead atoms. The molecule has 6 heteroatoms. The molecule has 2 N–H and O–H groups in total. The number of benzene rings is 1. The van der Waals surface area contributed by atoms with Crippen LogP contribution in [0.4, 0.5) is 0 Å². The average molecular weight is 353 g/mol. The first-order chi connectivity index (χ1) is 9.90. The highest BCUT2D eigenvalue weighted by Crippen LogP contribution is 2.27. The fourth-order valence-electron chi connectivity index (χ4n) is 2.30. The summed E-state index contributed by atoms with van der Waals surface area (Å²) >= 11 is 3.44. The van der Waals surface area contributed by atoms with E-state index < -0.39 is 5.97 Å². The third-order valence-corrected chi connectivity index (χ3v) is 3.75. The normalized spacial score (nSPS) is 11.0. The van der Waals surface area contributed by atoms with Gasteiger partial charge in [-0.15, -0.1) is 0 Å². The smallest absolute Gasteiger partial charge is 0.323 e. The summed E-state index contributed by atoms with van der Waals surface area (Å²) < 4.78 is 0.810. The van der Waals surface area contributed by atoms with Gasteiger partial charge in [0.05, 0.1) is 5.56 Å². The molecule has 0 spiro atoms. The number of amides is 1. The maximum atomic E-state index is 12.7. The Morgan fingerprint density at radius 1 is 1.38 bits per heavy atom. The zero-order chi connectivity index (χ0) is 15.6. The largest absolute Gasteiger partial charge is 0.480 e. The van der Waals surface area contributed by atoms with Crippen LogP contribution in [-0.2, 0) is 4.79 Å². The van der Waals surface area contributed by atoms with E-state index in [2.05, 4.69) is 20.9 Å². The molecule has 0 unspecified atom stereocenters. The van der Waals surface area contributed by atoms with Crippen molar-refractivity contribution in [3.05, 3.63) is 34.4 Å². The average Bonchev–Trinajstić information content (AvgIpc) is 2.81. The number of nitrogens with zero attached hydrogens (tertiary/aromatic N) is 1. The number of carbonyl (C=O) groups excluding carboxylic acids is 1. The topological polar surface area (TPSA) is 73.4 Å². The van der Waals surface area contributed by atoms with Gasteiger partial charge in [-0.25, -0.2) is 0 Å². The minimum Gasteiger partial charge on any atom is -0.480 e. The zero-order valence-corrected chi connectivity index (χ0v) is 13.5. The van der Waals surface area contributed by atoms with E-state index in [1.165, 1.54) is 4.90 Å². The molecule has 5 nitrogen and oxygen atoms in total. The van der Waals surface area contributed by atoms with Crippen LogP contribution in [0, 0.1) is 5.92 Å². The maximum Gasteiger partial charge on any atom is 0.323 e. The van der Waals surface area contributed by atoms with Crippen molar-refractivity contribution >= 4 is 38.7 Å². The lowest BCUT2D eigenvalue weighted by molar-refractivity contribution is -0.137. The molecule has 0 saturated heterocycles. The Kier molecular flexibility index (Phi) is 4.67. The third-order valence-electron chi connectivity index (χ3n) is 3.08. The lowest BCUT2D eigenvalue weighted by atomic mass is 10.1. The van der Waals surface area contributed by atoms with Crippen LogP contribution in [0.25, 0.3) is 10.9 Å². The molecule has 112 valence electrons. The third kappa shape index (κ3) is 3.44. The minimum atomic E-state index is -1.01. The van der Waals surface area contributed by atoms with E-state index in [4.69, 9.17) is 5.11 Å². The number of aromatic nitrogens is 1. The van der Waals surface area contributed by atoms with E-state index in [1.807, 2.05) is 32.0 Å². The van der Waals surface area contributed by atoms with Crippen LogP contribution >= 0.6 is 15.9 Å². The van der Waals surface area contributed by atoms with Crippen LogP contribution in [0.3, 0.4) is 0 Å². The number of fused-ring (bicyclic) bond motifs is 1. The molecule has 0 aliphatic rings. The van der Waals surface area contributed by atoms with Gasteiger partial charge in [0, 0.05) is 28.1 Å². The van der Waals surface area contributed by atoms with Crippen molar-refractivity contribution in [2.45, 2.75) is 13.8 Å². The summed E-state index contributed by atoms with van der Waals surface area (Å²) in [6, 6.07) is 5.61. The molecule has 1 heterocycles. The molecular weight excluding hydrogens is 336 g/mol. The fourth-order valence-corrected chi connectivity index (χ4v) is 2.88. The minimum absolute atomic E-state index is 0.196. The van der Waals surface area contributed by atoms with Gasteiger partial charge in [-0.3, -0.25) is 9.59 Å². The number of aromatic amines is 1. The quantitative estimate of drug-likeness (QED) is 0.868. The van der Waals surface area contributed by atoms with Gasteiger partial charge >= 0.3 is 5.97 Å². The summed E-state index contributed by atoms with van der Waals surface area (Å²) in [6.07, 6.45) is 1.63. The van der Waals surface area contributed by atoms with Gasteiger partial charge < -0.3 is 15.0 Å². The van der Waals surface area contributed by atoms with Crippen LogP contribution in [0.15, 0.2) is 28.9 Å². The van der Waals surface area contributed by atoms with Crippen LogP contribution in [0.5, 0.6) is 0 Å². The second-order valence-electron chi connectivity index (χ2n) is 5.34. The Morgan fingerprint density at radius 3 is 2.71 bits per heavy atom. The summed E-state index contributed by atoms with van der Waals surface area (Å²) in [6.45, 7) is 4.01. The van der Waals surface area contributed by atoms with E-state index in [9.17, 15) is 9.59 Å². The molecule has 1 aromatic heterocycles. The number of aliphatic carboxylic acids is 1. The summed E-state index contributed by atoms with van der Waals surface area (Å²) in [7, 11) is 0. The molecule has 2 rings (SSSR count). The Labute approximate surface area is 131 Å².